The van der Waals surface area contributed by atoms with Crippen molar-refractivity contribution in [1.29, 1.82) is 0 Å². The Morgan fingerprint density at radius 2 is 2.26 bits per heavy atom. The highest BCUT2D eigenvalue weighted by Gasteiger charge is 2.20. The second-order valence-corrected chi connectivity index (χ2v) is 4.70. The Kier molecular flexibility index (Phi) is 4.44. The van der Waals surface area contributed by atoms with Crippen LogP contribution in [-0.4, -0.2) is 43.0 Å². The van der Waals surface area contributed by atoms with Crippen molar-refractivity contribution in [3.8, 4) is 0 Å². The summed E-state index contributed by atoms with van der Waals surface area (Å²) in [4.78, 5) is 13.9. The van der Waals surface area contributed by atoms with E-state index < -0.39 is 11.6 Å². The minimum Gasteiger partial charge on any atom is -0.325 e. The zero-order valence-electron chi connectivity index (χ0n) is 10.7. The third-order valence-corrected chi connectivity index (χ3v) is 3.19. The van der Waals surface area contributed by atoms with E-state index in [1.54, 1.807) is 0 Å². The zero-order chi connectivity index (χ0) is 13.8. The summed E-state index contributed by atoms with van der Waals surface area (Å²) in [6.07, 6.45) is 0. The molecule has 1 aliphatic heterocycles. The zero-order valence-corrected chi connectivity index (χ0v) is 10.7. The maximum atomic E-state index is 13.0. The van der Waals surface area contributed by atoms with Crippen molar-refractivity contribution in [1.82, 2.24) is 10.2 Å². The van der Waals surface area contributed by atoms with E-state index in [0.717, 1.165) is 31.8 Å². The molecule has 6 heteroatoms. The maximum Gasteiger partial charge on any atom is 0.238 e. The molecule has 2 rings (SSSR count). The molecule has 19 heavy (non-hydrogen) atoms. The van der Waals surface area contributed by atoms with Crippen LogP contribution in [0.2, 0.25) is 0 Å². The van der Waals surface area contributed by atoms with Gasteiger partial charge in [-0.2, -0.15) is 0 Å². The van der Waals surface area contributed by atoms with Gasteiger partial charge in [0.05, 0.1) is 6.54 Å². The molecule has 0 radical (unpaired) electrons. The van der Waals surface area contributed by atoms with E-state index in [1.807, 2.05) is 11.8 Å². The molecule has 2 N–H and O–H groups in total. The molecule has 0 aliphatic carbocycles. The molecule has 1 aliphatic rings. The fraction of sp³-hybridized carbons (Fsp3) is 0.462. The average molecular weight is 269 g/mol. The Labute approximate surface area is 110 Å². The van der Waals surface area contributed by atoms with Crippen molar-refractivity contribution in [3.05, 3.63) is 29.8 Å². The Morgan fingerprint density at radius 1 is 1.47 bits per heavy atom. The van der Waals surface area contributed by atoms with Gasteiger partial charge in [0.15, 0.2) is 11.6 Å². The highest BCUT2D eigenvalue weighted by atomic mass is 19.2. The van der Waals surface area contributed by atoms with E-state index in [9.17, 15) is 13.6 Å². The molecule has 104 valence electrons. The van der Waals surface area contributed by atoms with Gasteiger partial charge in [0.2, 0.25) is 5.91 Å². The minimum atomic E-state index is -0.964. The monoisotopic (exact) mass is 269 g/mol. The lowest BCUT2D eigenvalue weighted by molar-refractivity contribution is -0.118. The van der Waals surface area contributed by atoms with Crippen LogP contribution in [0.3, 0.4) is 0 Å². The summed E-state index contributed by atoms with van der Waals surface area (Å²) in [6, 6.07) is 3.61. The molecule has 0 aromatic heterocycles. The topological polar surface area (TPSA) is 44.4 Å². The van der Waals surface area contributed by atoms with Crippen LogP contribution in [0.5, 0.6) is 0 Å². The molecular weight excluding hydrogens is 252 g/mol. The van der Waals surface area contributed by atoms with Crippen molar-refractivity contribution < 1.29 is 13.6 Å². The second kappa shape index (κ2) is 6.08. The summed E-state index contributed by atoms with van der Waals surface area (Å²) in [6.45, 7) is 4.78. The van der Waals surface area contributed by atoms with E-state index in [2.05, 4.69) is 10.6 Å². The first-order chi connectivity index (χ1) is 9.06. The van der Waals surface area contributed by atoms with Gasteiger partial charge in [-0.1, -0.05) is 0 Å². The molecule has 1 fully saturated rings. The van der Waals surface area contributed by atoms with Crippen molar-refractivity contribution in [2.45, 2.75) is 13.0 Å². The summed E-state index contributed by atoms with van der Waals surface area (Å²) < 4.78 is 25.8. The first kappa shape index (κ1) is 13.9. The predicted molar refractivity (Wildman–Crippen MR) is 68.9 cm³/mol. The fourth-order valence-electron chi connectivity index (χ4n) is 2.08. The molecule has 1 amide bonds. The number of hydrogen-bond acceptors (Lipinski definition) is 3. The van der Waals surface area contributed by atoms with Gasteiger partial charge in [-0.3, -0.25) is 9.69 Å². The standard InChI is InChI=1S/C13H17F2N3O/c1-9-7-16-4-5-18(9)8-13(19)17-10-2-3-11(14)12(15)6-10/h2-3,6,9,16H,4-5,7-8H2,1H3,(H,17,19)/t9-/m0/s1. The van der Waals surface area contributed by atoms with E-state index in [-0.39, 0.29) is 24.2 Å². The van der Waals surface area contributed by atoms with E-state index in [0.29, 0.717) is 0 Å². The Hall–Kier alpha value is -1.53. The van der Waals surface area contributed by atoms with Crippen LogP contribution < -0.4 is 10.6 Å². The fourth-order valence-corrected chi connectivity index (χ4v) is 2.08. The highest BCUT2D eigenvalue weighted by molar-refractivity contribution is 5.92. The number of piperazine rings is 1. The number of anilines is 1. The van der Waals surface area contributed by atoms with Crippen molar-refractivity contribution in [3.63, 3.8) is 0 Å². The van der Waals surface area contributed by atoms with Crippen molar-refractivity contribution in [2.75, 3.05) is 31.5 Å². The minimum absolute atomic E-state index is 0.222. The van der Waals surface area contributed by atoms with Gasteiger partial charge in [0.1, 0.15) is 0 Å². The molecular formula is C13H17F2N3O. The summed E-state index contributed by atoms with van der Waals surface area (Å²) in [5, 5.41) is 5.81. The average Bonchev–Trinajstić information content (AvgIpc) is 2.37. The summed E-state index contributed by atoms with van der Waals surface area (Å²) in [5.41, 5.74) is 0.270. The molecule has 0 bridgehead atoms. The van der Waals surface area contributed by atoms with Crippen LogP contribution >= 0.6 is 0 Å². The quantitative estimate of drug-likeness (QED) is 0.866. The van der Waals surface area contributed by atoms with Crippen LogP contribution in [0.4, 0.5) is 14.5 Å². The van der Waals surface area contributed by atoms with Crippen LogP contribution in [0, 0.1) is 11.6 Å². The molecule has 1 saturated heterocycles. The first-order valence-electron chi connectivity index (χ1n) is 6.26. The molecule has 1 heterocycles. The largest absolute Gasteiger partial charge is 0.325 e. The van der Waals surface area contributed by atoms with Crippen LogP contribution in [-0.2, 0) is 4.79 Å². The SMILES string of the molecule is C[C@H]1CNCCN1CC(=O)Nc1ccc(F)c(F)c1. The summed E-state index contributed by atoms with van der Waals surface area (Å²) >= 11 is 0. The van der Waals surface area contributed by atoms with Crippen LogP contribution in [0.25, 0.3) is 0 Å². The van der Waals surface area contributed by atoms with Gasteiger partial charge in [-0.25, -0.2) is 8.78 Å². The number of amides is 1. The third-order valence-electron chi connectivity index (χ3n) is 3.19. The number of carbonyl (C=O) groups is 1. The molecule has 1 aromatic carbocycles. The number of halogens is 2. The van der Waals surface area contributed by atoms with Gasteiger partial charge in [0, 0.05) is 37.4 Å². The molecule has 0 unspecified atom stereocenters. The maximum absolute atomic E-state index is 13.0. The van der Waals surface area contributed by atoms with E-state index in [1.165, 1.54) is 6.07 Å². The van der Waals surface area contributed by atoms with Gasteiger partial charge in [0.25, 0.3) is 0 Å². The lowest BCUT2D eigenvalue weighted by Crippen LogP contribution is -2.51. The van der Waals surface area contributed by atoms with Gasteiger partial charge in [-0.05, 0) is 19.1 Å². The molecule has 4 nitrogen and oxygen atoms in total. The van der Waals surface area contributed by atoms with Crippen LogP contribution in [0.1, 0.15) is 6.92 Å². The lowest BCUT2D eigenvalue weighted by atomic mass is 10.2. The number of rotatable bonds is 3. The molecule has 1 aromatic rings. The number of hydrogen-bond donors (Lipinski definition) is 2. The number of nitrogens with one attached hydrogen (secondary N) is 2. The number of nitrogens with zero attached hydrogens (tertiary/aromatic N) is 1. The van der Waals surface area contributed by atoms with E-state index >= 15 is 0 Å². The first-order valence-corrected chi connectivity index (χ1v) is 6.26. The van der Waals surface area contributed by atoms with Crippen molar-refractivity contribution in [2.24, 2.45) is 0 Å². The van der Waals surface area contributed by atoms with Crippen molar-refractivity contribution >= 4 is 11.6 Å². The predicted octanol–water partition coefficient (Wildman–Crippen LogP) is 1.20. The Bertz CT molecular complexity index is 467. The summed E-state index contributed by atoms with van der Waals surface area (Å²) in [5.74, 6) is -2.11. The van der Waals surface area contributed by atoms with E-state index in [4.69, 9.17) is 0 Å². The van der Waals surface area contributed by atoms with Crippen LogP contribution in [0.15, 0.2) is 18.2 Å². The number of carbonyl (C=O) groups excluding carboxylic acids is 1. The summed E-state index contributed by atoms with van der Waals surface area (Å²) in [7, 11) is 0. The van der Waals surface area contributed by atoms with Gasteiger partial charge >= 0.3 is 0 Å². The normalized spacial score (nSPS) is 20.3. The lowest BCUT2D eigenvalue weighted by Gasteiger charge is -2.33. The molecule has 0 saturated carbocycles. The second-order valence-electron chi connectivity index (χ2n) is 4.70. The third kappa shape index (κ3) is 3.71. The van der Waals surface area contributed by atoms with Gasteiger partial charge < -0.3 is 10.6 Å². The Balaban J connectivity index is 1.91. The number of benzene rings is 1. The van der Waals surface area contributed by atoms with Gasteiger partial charge in [-0.15, -0.1) is 0 Å². The highest BCUT2D eigenvalue weighted by Crippen LogP contribution is 2.13. The smallest absolute Gasteiger partial charge is 0.238 e. The molecule has 0 spiro atoms. The Morgan fingerprint density at radius 3 is 2.95 bits per heavy atom. The molecule has 1 atom stereocenters.